The summed E-state index contributed by atoms with van der Waals surface area (Å²) in [5.41, 5.74) is 41.5. The Kier molecular flexibility index (Phi) is 40.1. The van der Waals surface area contributed by atoms with E-state index in [1.807, 2.05) is 23.5 Å². The van der Waals surface area contributed by atoms with Crippen molar-refractivity contribution in [1.82, 2.24) is 0 Å². The maximum Gasteiger partial charge on any atom is 0.134 e. The lowest BCUT2D eigenvalue weighted by Gasteiger charge is -2.27. The Morgan fingerprint density at radius 1 is 0.248 bits per heavy atom. The summed E-state index contributed by atoms with van der Waals surface area (Å²) in [6, 6.07) is 66.9. The highest BCUT2D eigenvalue weighted by atomic mass is 32.1. The monoisotopic (exact) mass is 1650 g/mol. The molecule has 0 spiro atoms. The van der Waals surface area contributed by atoms with Gasteiger partial charge in [0.15, 0.2) is 0 Å². The first kappa shape index (κ1) is 111. The lowest BCUT2D eigenvalue weighted by atomic mass is 9.78. The number of furan rings is 1. The molecular formula is C119H174OS. The predicted molar refractivity (Wildman–Crippen MR) is 556 cm³/mol. The summed E-state index contributed by atoms with van der Waals surface area (Å²) < 4.78 is 7.28. The van der Waals surface area contributed by atoms with Gasteiger partial charge in [-0.25, -0.2) is 0 Å². The minimum absolute atomic E-state index is 0. The summed E-state index contributed by atoms with van der Waals surface area (Å²) in [4.78, 5) is 1.51. The van der Waals surface area contributed by atoms with Crippen molar-refractivity contribution >= 4 is 32.4 Å². The van der Waals surface area contributed by atoms with E-state index in [1.54, 1.807) is 0 Å². The van der Waals surface area contributed by atoms with Crippen LogP contribution < -0.4 is 0 Å². The van der Waals surface area contributed by atoms with Gasteiger partial charge in [-0.2, -0.15) is 0 Å². The lowest BCUT2D eigenvalue weighted by molar-refractivity contribution is 0.426. The summed E-state index contributed by atoms with van der Waals surface area (Å²) in [6.07, 6.45) is 0. The highest BCUT2D eigenvalue weighted by Crippen LogP contribution is 2.44. The van der Waals surface area contributed by atoms with E-state index in [2.05, 4.69) is 440 Å². The van der Waals surface area contributed by atoms with Gasteiger partial charge in [-0.15, -0.1) is 11.3 Å². The second kappa shape index (κ2) is 43.8. The van der Waals surface area contributed by atoms with Gasteiger partial charge in [0.25, 0.3) is 0 Å². The molecule has 12 aromatic rings. The summed E-state index contributed by atoms with van der Waals surface area (Å²) in [6.45, 7) is 88.3. The van der Waals surface area contributed by atoms with Crippen LogP contribution in [0.5, 0.6) is 0 Å². The molecule has 0 N–H and O–H groups in total. The molecule has 2 aromatic heterocycles. The highest BCUT2D eigenvalue weighted by Gasteiger charge is 2.28. The molecule has 0 aliphatic rings. The number of benzene rings is 10. The van der Waals surface area contributed by atoms with E-state index in [1.165, 1.54) is 176 Å². The zero-order chi connectivity index (χ0) is 86.5. The Morgan fingerprint density at radius 3 is 0.934 bits per heavy atom. The molecule has 2 heteroatoms. The summed E-state index contributed by atoms with van der Waals surface area (Å²) in [7, 11) is 0. The van der Waals surface area contributed by atoms with Crippen molar-refractivity contribution < 1.29 is 4.42 Å². The minimum atomic E-state index is 0. The number of thiophene rings is 1. The SMILES string of the molecule is C.C.C.C.C.C.Cc1c(C(C)(C)C)oc2ccccc12.Cc1c(C(C)(C)C)sc2ccccc12.Cc1cc(-c2c(C(C)C)cccc2C(C)C)cc(C(C)(C)C)c1C.Cc1cc(-c2c(C)cccc2C)cc(C(C)(C)C)c1C.Cc1cc(-c2ccccc2C(C)(C)C)cc(C(C)(C)C)c1C.Cc1cc(-c2ccccc2C(C)C)cc(C(C)(C)C)c1C. The molecule has 0 saturated carbocycles. The fraction of sp³-hybridized carbons (Fsp3) is 0.462. The van der Waals surface area contributed by atoms with Gasteiger partial charge in [-0.05, 0) is 307 Å². The van der Waals surface area contributed by atoms with E-state index in [-0.39, 0.29) is 82.5 Å². The van der Waals surface area contributed by atoms with E-state index in [0.717, 1.165) is 11.3 Å². The molecule has 662 valence electrons. The third-order valence-electron chi connectivity index (χ3n) is 23.3. The van der Waals surface area contributed by atoms with Gasteiger partial charge in [-0.1, -0.05) is 401 Å². The van der Waals surface area contributed by atoms with Crippen molar-refractivity contribution in [3.8, 4) is 44.5 Å². The Morgan fingerprint density at radius 2 is 0.562 bits per heavy atom. The van der Waals surface area contributed by atoms with Crippen LogP contribution in [0.3, 0.4) is 0 Å². The Labute approximate surface area is 750 Å². The number of fused-ring (bicyclic) bond motifs is 2. The molecule has 121 heavy (non-hydrogen) atoms. The average molecular weight is 1650 g/mol. The first-order chi connectivity index (χ1) is 53.0. The molecule has 1 nitrogen and oxygen atoms in total. The molecule has 0 unspecified atom stereocenters. The van der Waals surface area contributed by atoms with E-state index >= 15 is 0 Å². The van der Waals surface area contributed by atoms with Gasteiger partial charge >= 0.3 is 0 Å². The molecule has 12 rings (SSSR count). The van der Waals surface area contributed by atoms with E-state index < -0.39 is 0 Å². The van der Waals surface area contributed by atoms with Crippen molar-refractivity contribution in [3.05, 3.63) is 304 Å². The fourth-order valence-electron chi connectivity index (χ4n) is 16.7. The largest absolute Gasteiger partial charge is 0.460 e. The standard InChI is InChI=1S/C24H34.C22H30.C21H28.C20H26.C13H16O.C13H16S.6CH4/c1-15(2)20-11-10-12-21(16(3)4)23(20)19-13-17(5)18(6)22(14-19)24(7,8)9;1-15-13-17(14-20(16(15)2)22(6,7)8)18-11-9-10-12-19(18)21(3,4)5;1-14(2)18-10-8-9-11-19(18)17-12-15(3)16(4)20(13-17)21(5,6)7;1-13-9-8-10-14(2)19(13)17-11-15(3)16(4)18(12-17)20(5,6)7;2*1-9-10-7-5-6-8-11(10)14-12(9)13(2,3)4;;;;;;/h10-16H,1-9H3;9-14H,1-8H3;8-14H,1-7H3;8-12H,1-7H3;2*5-8H,1-4H3;6*1H4. The first-order valence-electron chi connectivity index (χ1n) is 42.8. The third kappa shape index (κ3) is 27.3. The van der Waals surface area contributed by atoms with Crippen LogP contribution in [0.1, 0.15) is 371 Å². The number of hydrogen-bond donors (Lipinski definition) is 0. The van der Waals surface area contributed by atoms with Gasteiger partial charge in [0.2, 0.25) is 0 Å². The second-order valence-corrected chi connectivity index (χ2v) is 42.4. The molecule has 0 amide bonds. The topological polar surface area (TPSA) is 13.1 Å². The maximum absolute atomic E-state index is 5.86. The van der Waals surface area contributed by atoms with Crippen molar-refractivity contribution in [2.45, 2.75) is 370 Å². The van der Waals surface area contributed by atoms with Crippen LogP contribution in [0.2, 0.25) is 0 Å². The van der Waals surface area contributed by atoms with Gasteiger partial charge < -0.3 is 4.42 Å². The zero-order valence-electron chi connectivity index (χ0n) is 79.4. The molecule has 0 fully saturated rings. The normalized spacial score (nSPS) is 11.6. The minimum Gasteiger partial charge on any atom is -0.460 e. The molecule has 0 saturated heterocycles. The maximum atomic E-state index is 5.86. The fourth-order valence-corrected chi connectivity index (χ4v) is 18.0. The summed E-state index contributed by atoms with van der Waals surface area (Å²) in [5, 5.41) is 2.65. The highest BCUT2D eigenvalue weighted by molar-refractivity contribution is 7.19. The van der Waals surface area contributed by atoms with Crippen LogP contribution in [-0.2, 0) is 37.9 Å². The summed E-state index contributed by atoms with van der Waals surface area (Å²) in [5.74, 6) is 2.69. The van der Waals surface area contributed by atoms with Gasteiger partial charge in [0.1, 0.15) is 11.3 Å². The van der Waals surface area contributed by atoms with Crippen LogP contribution in [0.25, 0.3) is 65.6 Å². The van der Waals surface area contributed by atoms with Gasteiger partial charge in [0.05, 0.1) is 0 Å². The Balaban J connectivity index is 0.000000725. The molecule has 0 aliphatic carbocycles. The smallest absolute Gasteiger partial charge is 0.134 e. The average Bonchev–Trinajstić information content (AvgIpc) is 1.78. The molecule has 0 radical (unpaired) electrons. The Hall–Kier alpha value is -8.30. The molecule has 10 aromatic carbocycles. The van der Waals surface area contributed by atoms with Crippen molar-refractivity contribution in [3.63, 3.8) is 0 Å². The van der Waals surface area contributed by atoms with E-state index in [0.29, 0.717) is 17.8 Å². The van der Waals surface area contributed by atoms with Gasteiger partial charge in [-0.3, -0.25) is 0 Å². The molecule has 2 heterocycles. The third-order valence-corrected chi connectivity index (χ3v) is 25.0. The number of para-hydroxylation sites is 1. The zero-order valence-corrected chi connectivity index (χ0v) is 80.2. The van der Waals surface area contributed by atoms with E-state index in [4.69, 9.17) is 4.42 Å². The molecule has 0 bridgehead atoms. The quantitative estimate of drug-likeness (QED) is 0.155. The summed E-state index contributed by atoms with van der Waals surface area (Å²) >= 11 is 1.93. The first-order valence-corrected chi connectivity index (χ1v) is 43.6. The van der Waals surface area contributed by atoms with Crippen LogP contribution in [-0.4, -0.2) is 0 Å². The molecular weight excluding hydrogens is 1480 g/mol. The van der Waals surface area contributed by atoms with Crippen LogP contribution >= 0.6 is 11.3 Å². The predicted octanol–water partition coefficient (Wildman–Crippen LogP) is 38.7. The molecule has 0 aliphatic heterocycles. The Bertz CT molecular complexity index is 5180. The van der Waals surface area contributed by atoms with Crippen LogP contribution in [0.15, 0.2) is 186 Å². The second-order valence-electron chi connectivity index (χ2n) is 41.4. The van der Waals surface area contributed by atoms with Crippen LogP contribution in [0, 0.1) is 83.1 Å². The van der Waals surface area contributed by atoms with Crippen molar-refractivity contribution in [1.29, 1.82) is 0 Å². The van der Waals surface area contributed by atoms with Crippen molar-refractivity contribution in [2.24, 2.45) is 0 Å². The van der Waals surface area contributed by atoms with E-state index in [9.17, 15) is 0 Å². The molecule has 0 atom stereocenters. The number of rotatable bonds is 7. The number of hydrogen-bond acceptors (Lipinski definition) is 2. The van der Waals surface area contributed by atoms with Crippen LogP contribution in [0.4, 0.5) is 0 Å². The lowest BCUT2D eigenvalue weighted by Crippen LogP contribution is -2.15. The van der Waals surface area contributed by atoms with Gasteiger partial charge in [0, 0.05) is 20.4 Å². The van der Waals surface area contributed by atoms with Crippen molar-refractivity contribution in [2.75, 3.05) is 0 Å². The number of aryl methyl sites for hydroxylation is 8.